The molecule has 1 atom stereocenters. The maximum atomic E-state index is 13.2. The molecule has 1 amide bonds. The van der Waals surface area contributed by atoms with Crippen molar-refractivity contribution < 1.29 is 14.5 Å². The second-order valence-corrected chi connectivity index (χ2v) is 9.15. The van der Waals surface area contributed by atoms with Crippen molar-refractivity contribution in [1.29, 1.82) is 0 Å². The van der Waals surface area contributed by atoms with E-state index >= 15 is 0 Å². The number of hydrogen-bond acceptors (Lipinski definition) is 4. The lowest BCUT2D eigenvalue weighted by Crippen LogP contribution is -2.28. The minimum atomic E-state index is -0.521. The Kier molecular flexibility index (Phi) is 6.17. The Morgan fingerprint density at radius 1 is 1.14 bits per heavy atom. The summed E-state index contributed by atoms with van der Waals surface area (Å²) in [4.78, 5) is 25.4. The SMILES string of the molecule is COc1cccc(Cn2cc(C3CCN(C(=O)c4ccc([N+](=O)[O-])cc4Cl)C3)c3ccccc32)c1. The number of amides is 1. The van der Waals surface area contributed by atoms with Crippen LogP contribution in [0.5, 0.6) is 5.75 Å². The predicted octanol–water partition coefficient (Wildman–Crippen LogP) is 5.89. The maximum absolute atomic E-state index is 13.2. The highest BCUT2D eigenvalue weighted by Gasteiger charge is 2.31. The fourth-order valence-corrected chi connectivity index (χ4v) is 5.11. The van der Waals surface area contributed by atoms with Crippen molar-refractivity contribution in [2.24, 2.45) is 0 Å². The van der Waals surface area contributed by atoms with Gasteiger partial charge in [0.05, 0.1) is 22.6 Å². The van der Waals surface area contributed by atoms with Gasteiger partial charge in [0.25, 0.3) is 11.6 Å². The molecule has 5 rings (SSSR count). The minimum Gasteiger partial charge on any atom is -0.497 e. The number of carbonyl (C=O) groups excluding carboxylic acids is 1. The standard InChI is InChI=1S/C27H24ClN3O4/c1-35-21-6-4-5-18(13-21)15-30-17-24(22-7-2-3-8-26(22)30)19-11-12-29(16-19)27(32)23-10-9-20(31(33)34)14-25(23)28/h2-10,13-14,17,19H,11-12,15-16H2,1H3. The van der Waals surface area contributed by atoms with E-state index in [1.807, 2.05) is 30.3 Å². The first-order chi connectivity index (χ1) is 16.9. The summed E-state index contributed by atoms with van der Waals surface area (Å²) < 4.78 is 7.62. The van der Waals surface area contributed by atoms with E-state index in [4.69, 9.17) is 16.3 Å². The van der Waals surface area contributed by atoms with Crippen molar-refractivity contribution in [2.75, 3.05) is 20.2 Å². The molecule has 178 valence electrons. The van der Waals surface area contributed by atoms with Crippen LogP contribution in [0.15, 0.2) is 72.9 Å². The Hall–Kier alpha value is -3.84. The van der Waals surface area contributed by atoms with Gasteiger partial charge in [-0.1, -0.05) is 41.9 Å². The van der Waals surface area contributed by atoms with Crippen molar-refractivity contribution in [3.05, 3.63) is 105 Å². The smallest absolute Gasteiger partial charge is 0.270 e. The lowest BCUT2D eigenvalue weighted by Gasteiger charge is -2.17. The molecule has 4 aromatic rings. The number of hydrogen-bond donors (Lipinski definition) is 0. The molecular weight excluding hydrogens is 466 g/mol. The van der Waals surface area contributed by atoms with Gasteiger partial charge >= 0.3 is 0 Å². The maximum Gasteiger partial charge on any atom is 0.270 e. The number of para-hydroxylation sites is 1. The summed E-state index contributed by atoms with van der Waals surface area (Å²) in [6.07, 6.45) is 3.03. The van der Waals surface area contributed by atoms with Crippen LogP contribution in [0.25, 0.3) is 10.9 Å². The molecule has 0 spiro atoms. The fourth-order valence-electron chi connectivity index (χ4n) is 4.86. The van der Waals surface area contributed by atoms with E-state index in [0.717, 1.165) is 23.3 Å². The average molecular weight is 490 g/mol. The van der Waals surface area contributed by atoms with Crippen LogP contribution in [0, 0.1) is 10.1 Å². The van der Waals surface area contributed by atoms with Gasteiger partial charge in [-0.2, -0.15) is 0 Å². The van der Waals surface area contributed by atoms with Crippen LogP contribution in [0.1, 0.15) is 33.8 Å². The van der Waals surface area contributed by atoms with E-state index in [1.165, 1.54) is 29.1 Å². The first-order valence-electron chi connectivity index (χ1n) is 11.4. The van der Waals surface area contributed by atoms with E-state index in [9.17, 15) is 14.9 Å². The molecule has 0 aliphatic carbocycles. The zero-order chi connectivity index (χ0) is 24.5. The minimum absolute atomic E-state index is 0.0996. The number of fused-ring (bicyclic) bond motifs is 1. The van der Waals surface area contributed by atoms with E-state index in [2.05, 4.69) is 29.0 Å². The number of benzene rings is 3. The molecule has 1 fully saturated rings. The van der Waals surface area contributed by atoms with Crippen molar-refractivity contribution >= 4 is 34.1 Å². The van der Waals surface area contributed by atoms with Gasteiger partial charge in [-0.25, -0.2) is 0 Å². The van der Waals surface area contributed by atoms with Gasteiger partial charge in [0.1, 0.15) is 5.75 Å². The summed E-state index contributed by atoms with van der Waals surface area (Å²) in [5, 5.41) is 12.3. The highest BCUT2D eigenvalue weighted by atomic mass is 35.5. The highest BCUT2D eigenvalue weighted by molar-refractivity contribution is 6.34. The molecule has 1 saturated heterocycles. The van der Waals surface area contributed by atoms with E-state index in [1.54, 1.807) is 12.0 Å². The number of nitro groups is 1. The number of halogens is 1. The zero-order valence-electron chi connectivity index (χ0n) is 19.2. The number of aromatic nitrogens is 1. The van der Waals surface area contributed by atoms with Crippen LogP contribution in [0.3, 0.4) is 0 Å². The first kappa shape index (κ1) is 22.9. The molecule has 0 N–H and O–H groups in total. The number of non-ortho nitro benzene ring substituents is 1. The van der Waals surface area contributed by atoms with Crippen molar-refractivity contribution in [3.8, 4) is 5.75 Å². The molecule has 0 radical (unpaired) electrons. The highest BCUT2D eigenvalue weighted by Crippen LogP contribution is 2.35. The van der Waals surface area contributed by atoms with Crippen LogP contribution in [0.4, 0.5) is 5.69 Å². The summed E-state index contributed by atoms with van der Waals surface area (Å²) in [5.41, 5.74) is 3.67. The zero-order valence-corrected chi connectivity index (χ0v) is 19.9. The summed E-state index contributed by atoms with van der Waals surface area (Å²) in [6.45, 7) is 1.89. The number of likely N-dealkylation sites (tertiary alicyclic amines) is 1. The van der Waals surface area contributed by atoms with Gasteiger partial charge in [0.2, 0.25) is 0 Å². The van der Waals surface area contributed by atoms with Crippen LogP contribution >= 0.6 is 11.6 Å². The molecule has 1 aromatic heterocycles. The second-order valence-electron chi connectivity index (χ2n) is 8.74. The Bertz CT molecular complexity index is 1430. The van der Waals surface area contributed by atoms with E-state index in [-0.39, 0.29) is 22.5 Å². The Morgan fingerprint density at radius 3 is 2.74 bits per heavy atom. The topological polar surface area (TPSA) is 77.6 Å². The van der Waals surface area contributed by atoms with Crippen molar-refractivity contribution in [1.82, 2.24) is 9.47 Å². The molecule has 1 aliphatic heterocycles. The predicted molar refractivity (Wildman–Crippen MR) is 135 cm³/mol. The molecule has 3 aromatic carbocycles. The van der Waals surface area contributed by atoms with Gasteiger partial charge in [-0.05, 0) is 41.8 Å². The van der Waals surface area contributed by atoms with Gasteiger partial charge in [0.15, 0.2) is 0 Å². The van der Waals surface area contributed by atoms with Gasteiger partial charge in [-0.15, -0.1) is 0 Å². The van der Waals surface area contributed by atoms with Crippen molar-refractivity contribution in [2.45, 2.75) is 18.9 Å². The van der Waals surface area contributed by atoms with Crippen LogP contribution in [-0.4, -0.2) is 40.5 Å². The number of nitrogens with zero attached hydrogens (tertiary/aromatic N) is 3. The summed E-state index contributed by atoms with van der Waals surface area (Å²) in [7, 11) is 1.67. The third-order valence-electron chi connectivity index (χ3n) is 6.62. The molecule has 0 saturated carbocycles. The van der Waals surface area contributed by atoms with Gasteiger partial charge in [-0.3, -0.25) is 14.9 Å². The molecule has 2 heterocycles. The largest absolute Gasteiger partial charge is 0.497 e. The molecule has 1 unspecified atom stereocenters. The normalized spacial score (nSPS) is 15.5. The third kappa shape index (κ3) is 4.47. The monoisotopic (exact) mass is 489 g/mol. The van der Waals surface area contributed by atoms with Gasteiger partial charge < -0.3 is 14.2 Å². The lowest BCUT2D eigenvalue weighted by atomic mass is 9.98. The first-order valence-corrected chi connectivity index (χ1v) is 11.8. The average Bonchev–Trinajstić information content (AvgIpc) is 3.49. The van der Waals surface area contributed by atoms with E-state index < -0.39 is 4.92 Å². The quantitative estimate of drug-likeness (QED) is 0.250. The Morgan fingerprint density at radius 2 is 1.97 bits per heavy atom. The van der Waals surface area contributed by atoms with Crippen LogP contribution in [-0.2, 0) is 6.54 Å². The Labute approximate surface area is 207 Å². The van der Waals surface area contributed by atoms with E-state index in [0.29, 0.717) is 25.2 Å². The third-order valence-corrected chi connectivity index (χ3v) is 6.93. The summed E-state index contributed by atoms with van der Waals surface area (Å²) in [5.74, 6) is 0.814. The number of rotatable bonds is 6. The van der Waals surface area contributed by atoms with Crippen LogP contribution < -0.4 is 4.74 Å². The van der Waals surface area contributed by atoms with Crippen molar-refractivity contribution in [3.63, 3.8) is 0 Å². The molecule has 0 bridgehead atoms. The number of ether oxygens (including phenoxy) is 1. The van der Waals surface area contributed by atoms with Gasteiger partial charge in [0, 0.05) is 54.8 Å². The molecular formula is C27H24ClN3O4. The number of methoxy groups -OCH3 is 1. The number of nitro benzene ring substituents is 1. The molecule has 35 heavy (non-hydrogen) atoms. The lowest BCUT2D eigenvalue weighted by molar-refractivity contribution is -0.384. The Balaban J connectivity index is 1.40. The fraction of sp³-hybridized carbons (Fsp3) is 0.222. The second kappa shape index (κ2) is 9.43. The van der Waals surface area contributed by atoms with Crippen LogP contribution in [0.2, 0.25) is 5.02 Å². The molecule has 7 nitrogen and oxygen atoms in total. The molecule has 8 heteroatoms. The number of carbonyl (C=O) groups is 1. The summed E-state index contributed by atoms with van der Waals surface area (Å²) in [6, 6.07) is 20.4. The molecule has 1 aliphatic rings. The summed E-state index contributed by atoms with van der Waals surface area (Å²) >= 11 is 6.22.